The third-order valence-electron chi connectivity index (χ3n) is 3.56. The summed E-state index contributed by atoms with van der Waals surface area (Å²) in [7, 11) is 0. The lowest BCUT2D eigenvalue weighted by Gasteiger charge is -2.22. The van der Waals surface area contributed by atoms with Crippen molar-refractivity contribution in [2.24, 2.45) is 11.1 Å². The lowest BCUT2D eigenvalue weighted by atomic mass is 9.90. The van der Waals surface area contributed by atoms with Gasteiger partial charge in [0.15, 0.2) is 0 Å². The van der Waals surface area contributed by atoms with Crippen LogP contribution in [0.25, 0.3) is 0 Å². The fourth-order valence-electron chi connectivity index (χ4n) is 2.34. The number of hydrogen-bond acceptors (Lipinski definition) is 2. The average Bonchev–Trinajstić information content (AvgIpc) is 2.68. The molecule has 0 saturated carbocycles. The van der Waals surface area contributed by atoms with Crippen LogP contribution in [0.4, 0.5) is 4.39 Å². The Balaban J connectivity index is 2.05. The Kier molecular flexibility index (Phi) is 3.71. The highest BCUT2D eigenvalue weighted by Gasteiger charge is 2.32. The van der Waals surface area contributed by atoms with Crippen molar-refractivity contribution in [3.8, 4) is 0 Å². The van der Waals surface area contributed by atoms with Crippen LogP contribution in [0.3, 0.4) is 0 Å². The lowest BCUT2D eigenvalue weighted by Crippen LogP contribution is -2.31. The van der Waals surface area contributed by atoms with E-state index in [2.05, 4.69) is 11.8 Å². The molecule has 1 atom stereocenters. The van der Waals surface area contributed by atoms with E-state index < -0.39 is 0 Å². The van der Waals surface area contributed by atoms with Crippen LogP contribution in [0, 0.1) is 11.2 Å². The molecular formula is C13H18ClFN2. The van der Waals surface area contributed by atoms with Crippen LogP contribution < -0.4 is 5.73 Å². The number of nitrogens with two attached hydrogens (primary N) is 1. The molecule has 1 aliphatic rings. The van der Waals surface area contributed by atoms with Crippen LogP contribution >= 0.6 is 11.6 Å². The van der Waals surface area contributed by atoms with Gasteiger partial charge in [0.2, 0.25) is 0 Å². The molecule has 4 heteroatoms. The molecule has 1 heterocycles. The van der Waals surface area contributed by atoms with E-state index in [9.17, 15) is 4.39 Å². The van der Waals surface area contributed by atoms with Gasteiger partial charge in [0.05, 0.1) is 5.02 Å². The second kappa shape index (κ2) is 4.92. The molecule has 2 N–H and O–H groups in total. The molecule has 17 heavy (non-hydrogen) atoms. The number of nitrogens with zero attached hydrogens (tertiary/aromatic N) is 1. The van der Waals surface area contributed by atoms with Gasteiger partial charge in [0.25, 0.3) is 0 Å². The quantitative estimate of drug-likeness (QED) is 0.901. The topological polar surface area (TPSA) is 29.3 Å². The van der Waals surface area contributed by atoms with Crippen LogP contribution in [0.2, 0.25) is 5.02 Å². The maximum atomic E-state index is 13.7. The van der Waals surface area contributed by atoms with Crippen molar-refractivity contribution < 1.29 is 4.39 Å². The van der Waals surface area contributed by atoms with Gasteiger partial charge in [-0.25, -0.2) is 4.39 Å². The van der Waals surface area contributed by atoms with Crippen molar-refractivity contribution in [1.82, 2.24) is 4.90 Å². The van der Waals surface area contributed by atoms with Crippen molar-refractivity contribution in [2.45, 2.75) is 19.9 Å². The Morgan fingerprint density at radius 3 is 2.94 bits per heavy atom. The summed E-state index contributed by atoms with van der Waals surface area (Å²) < 4.78 is 13.7. The summed E-state index contributed by atoms with van der Waals surface area (Å²) in [6.07, 6.45) is 1.08. The Morgan fingerprint density at radius 1 is 1.53 bits per heavy atom. The fraction of sp³-hybridized carbons (Fsp3) is 0.538. The zero-order valence-electron chi connectivity index (χ0n) is 10.0. The predicted molar refractivity (Wildman–Crippen MR) is 68.5 cm³/mol. The molecule has 0 spiro atoms. The monoisotopic (exact) mass is 256 g/mol. The summed E-state index contributed by atoms with van der Waals surface area (Å²) >= 11 is 5.77. The molecule has 1 saturated heterocycles. The van der Waals surface area contributed by atoms with Gasteiger partial charge in [-0.3, -0.25) is 4.90 Å². The summed E-state index contributed by atoms with van der Waals surface area (Å²) in [5.41, 5.74) is 6.60. The third kappa shape index (κ3) is 2.79. The van der Waals surface area contributed by atoms with Crippen LogP contribution in [-0.2, 0) is 6.54 Å². The van der Waals surface area contributed by atoms with E-state index in [1.807, 2.05) is 0 Å². The molecular weight excluding hydrogens is 239 g/mol. The maximum absolute atomic E-state index is 13.7. The first-order valence-electron chi connectivity index (χ1n) is 5.89. The molecule has 0 radical (unpaired) electrons. The largest absolute Gasteiger partial charge is 0.330 e. The summed E-state index contributed by atoms with van der Waals surface area (Å²) in [5.74, 6) is -0.296. The van der Waals surface area contributed by atoms with Gasteiger partial charge in [-0.1, -0.05) is 30.7 Å². The highest BCUT2D eigenvalue weighted by atomic mass is 35.5. The third-order valence-corrected chi connectivity index (χ3v) is 3.85. The zero-order chi connectivity index (χ0) is 12.5. The maximum Gasteiger partial charge on any atom is 0.146 e. The van der Waals surface area contributed by atoms with Crippen molar-refractivity contribution in [2.75, 3.05) is 19.6 Å². The van der Waals surface area contributed by atoms with Crippen molar-refractivity contribution in [3.63, 3.8) is 0 Å². The molecule has 0 amide bonds. The number of hydrogen-bond donors (Lipinski definition) is 1. The summed E-state index contributed by atoms with van der Waals surface area (Å²) in [6.45, 7) is 5.37. The molecule has 1 aromatic carbocycles. The first kappa shape index (κ1) is 12.8. The van der Waals surface area contributed by atoms with Gasteiger partial charge in [0, 0.05) is 18.7 Å². The van der Waals surface area contributed by atoms with E-state index in [0.29, 0.717) is 18.7 Å². The van der Waals surface area contributed by atoms with Crippen LogP contribution in [-0.4, -0.2) is 24.5 Å². The van der Waals surface area contributed by atoms with Gasteiger partial charge in [-0.2, -0.15) is 0 Å². The van der Waals surface area contributed by atoms with Gasteiger partial charge in [-0.15, -0.1) is 0 Å². The number of benzene rings is 1. The second-order valence-corrected chi connectivity index (χ2v) is 5.60. The average molecular weight is 257 g/mol. The number of rotatable bonds is 3. The normalized spacial score (nSPS) is 25.4. The van der Waals surface area contributed by atoms with Crippen LogP contribution in [0.15, 0.2) is 18.2 Å². The van der Waals surface area contributed by atoms with Gasteiger partial charge < -0.3 is 5.73 Å². The van der Waals surface area contributed by atoms with Crippen LogP contribution in [0.1, 0.15) is 18.9 Å². The van der Waals surface area contributed by atoms with E-state index in [-0.39, 0.29) is 16.3 Å². The summed E-state index contributed by atoms with van der Waals surface area (Å²) in [4.78, 5) is 2.24. The van der Waals surface area contributed by atoms with Gasteiger partial charge in [-0.05, 0) is 31.0 Å². The zero-order valence-corrected chi connectivity index (χ0v) is 10.8. The molecule has 1 aromatic rings. The van der Waals surface area contributed by atoms with Crippen molar-refractivity contribution in [1.29, 1.82) is 0 Å². The Labute approximate surface area is 107 Å². The van der Waals surface area contributed by atoms with Gasteiger partial charge in [0.1, 0.15) is 5.82 Å². The Hall–Kier alpha value is -0.640. The molecule has 0 aliphatic carbocycles. The highest BCUT2D eigenvalue weighted by Crippen LogP contribution is 2.30. The molecule has 1 unspecified atom stereocenters. The molecule has 1 aliphatic heterocycles. The highest BCUT2D eigenvalue weighted by molar-refractivity contribution is 6.30. The standard InChI is InChI=1S/C13H18ClFN2/c1-13(8-16)5-6-17(9-13)7-10-3-2-4-11(14)12(10)15/h2-4H,5-9,16H2,1H3. The van der Waals surface area contributed by atoms with E-state index in [1.165, 1.54) is 0 Å². The Bertz CT molecular complexity index is 410. The second-order valence-electron chi connectivity index (χ2n) is 5.19. The summed E-state index contributed by atoms with van der Waals surface area (Å²) in [6, 6.07) is 5.16. The lowest BCUT2D eigenvalue weighted by molar-refractivity contribution is 0.271. The van der Waals surface area contributed by atoms with E-state index >= 15 is 0 Å². The Morgan fingerprint density at radius 2 is 2.29 bits per heavy atom. The minimum atomic E-state index is -0.296. The molecule has 0 bridgehead atoms. The van der Waals surface area contributed by atoms with E-state index in [4.69, 9.17) is 17.3 Å². The fourth-order valence-corrected chi connectivity index (χ4v) is 2.53. The van der Waals surface area contributed by atoms with E-state index in [1.54, 1.807) is 18.2 Å². The summed E-state index contributed by atoms with van der Waals surface area (Å²) in [5, 5.41) is 0.197. The molecule has 2 nitrogen and oxygen atoms in total. The van der Waals surface area contributed by atoms with Crippen molar-refractivity contribution >= 4 is 11.6 Å². The molecule has 1 fully saturated rings. The smallest absolute Gasteiger partial charge is 0.146 e. The minimum absolute atomic E-state index is 0.176. The number of likely N-dealkylation sites (tertiary alicyclic amines) is 1. The molecule has 0 aromatic heterocycles. The van der Waals surface area contributed by atoms with E-state index in [0.717, 1.165) is 19.5 Å². The minimum Gasteiger partial charge on any atom is -0.330 e. The van der Waals surface area contributed by atoms with Crippen molar-refractivity contribution in [3.05, 3.63) is 34.6 Å². The first-order chi connectivity index (χ1) is 8.04. The predicted octanol–water partition coefficient (Wildman–Crippen LogP) is 2.65. The van der Waals surface area contributed by atoms with Crippen LogP contribution in [0.5, 0.6) is 0 Å². The molecule has 94 valence electrons. The number of halogens is 2. The SMILES string of the molecule is CC1(CN)CCN(Cc2cccc(Cl)c2F)C1. The molecule has 2 rings (SSSR count). The first-order valence-corrected chi connectivity index (χ1v) is 6.27. The van der Waals surface area contributed by atoms with Gasteiger partial charge >= 0.3 is 0 Å².